The van der Waals surface area contributed by atoms with Crippen molar-refractivity contribution in [2.45, 2.75) is 6.42 Å². The second kappa shape index (κ2) is 4.51. The van der Waals surface area contributed by atoms with E-state index in [0.717, 1.165) is 6.20 Å². The van der Waals surface area contributed by atoms with Gasteiger partial charge in [0.1, 0.15) is 0 Å². The number of pyridine rings is 1. The number of halogens is 1. The van der Waals surface area contributed by atoms with Crippen LogP contribution in [-0.4, -0.2) is 17.4 Å². The number of aromatic nitrogens is 1. The van der Waals surface area contributed by atoms with Gasteiger partial charge in [0, 0.05) is 19.2 Å². The molecule has 0 spiro atoms. The highest BCUT2D eigenvalue weighted by molar-refractivity contribution is 5.90. The fraction of sp³-hybridized carbons (Fsp3) is 0.250. The molecule has 0 bridgehead atoms. The van der Waals surface area contributed by atoms with Gasteiger partial charge in [0.2, 0.25) is 5.91 Å². The third-order valence-electron chi connectivity index (χ3n) is 1.42. The van der Waals surface area contributed by atoms with E-state index in [2.05, 4.69) is 10.3 Å². The third-order valence-corrected chi connectivity index (χ3v) is 1.42. The number of nitrogens with two attached hydrogens (primary N) is 1. The summed E-state index contributed by atoms with van der Waals surface area (Å²) in [6.45, 7) is 0.249. The Bertz CT molecular complexity index is 303. The smallest absolute Gasteiger partial charge is 0.225 e. The third kappa shape index (κ3) is 2.79. The zero-order valence-corrected chi connectivity index (χ0v) is 6.96. The highest BCUT2D eigenvalue weighted by atomic mass is 19.1. The molecule has 4 nitrogen and oxygen atoms in total. The zero-order valence-electron chi connectivity index (χ0n) is 6.96. The van der Waals surface area contributed by atoms with E-state index in [0.29, 0.717) is 0 Å². The van der Waals surface area contributed by atoms with E-state index in [-0.39, 0.29) is 24.6 Å². The Hall–Kier alpha value is -1.49. The normalized spacial score (nSPS) is 9.69. The number of hydrogen-bond donors (Lipinski definition) is 2. The first-order valence-corrected chi connectivity index (χ1v) is 3.83. The molecule has 0 saturated heterocycles. The summed E-state index contributed by atoms with van der Waals surface area (Å²) in [6, 6.07) is 1.39. The maximum Gasteiger partial charge on any atom is 0.225 e. The maximum absolute atomic E-state index is 12.9. The van der Waals surface area contributed by atoms with Crippen molar-refractivity contribution in [2.75, 3.05) is 11.9 Å². The minimum Gasteiger partial charge on any atom is -0.330 e. The highest BCUT2D eigenvalue weighted by Gasteiger charge is 2.04. The second-order valence-electron chi connectivity index (χ2n) is 2.44. The van der Waals surface area contributed by atoms with Crippen LogP contribution in [-0.2, 0) is 4.79 Å². The Balaban J connectivity index is 2.63. The fourth-order valence-electron chi connectivity index (χ4n) is 0.820. The maximum atomic E-state index is 12.9. The Morgan fingerprint density at radius 3 is 3.08 bits per heavy atom. The minimum atomic E-state index is -0.548. The van der Waals surface area contributed by atoms with Crippen molar-refractivity contribution in [3.05, 3.63) is 24.3 Å². The quantitative estimate of drug-likeness (QED) is 0.717. The first-order chi connectivity index (χ1) is 6.24. The summed E-state index contributed by atoms with van der Waals surface area (Å²) < 4.78 is 12.9. The Morgan fingerprint density at radius 1 is 1.69 bits per heavy atom. The van der Waals surface area contributed by atoms with Gasteiger partial charge in [-0.3, -0.25) is 9.78 Å². The van der Waals surface area contributed by atoms with Crippen LogP contribution in [0.5, 0.6) is 0 Å². The van der Waals surface area contributed by atoms with Gasteiger partial charge in [-0.05, 0) is 6.07 Å². The van der Waals surface area contributed by atoms with E-state index >= 15 is 0 Å². The molecule has 1 heterocycles. The summed E-state index contributed by atoms with van der Waals surface area (Å²) in [7, 11) is 0. The lowest BCUT2D eigenvalue weighted by Gasteiger charge is -2.03. The van der Waals surface area contributed by atoms with Crippen molar-refractivity contribution < 1.29 is 9.18 Å². The molecular weight excluding hydrogens is 173 g/mol. The number of carbonyl (C=O) groups excluding carboxylic acids is 1. The molecule has 13 heavy (non-hydrogen) atoms. The summed E-state index contributed by atoms with van der Waals surface area (Å²) in [6.07, 6.45) is 2.63. The van der Waals surface area contributed by atoms with Crippen LogP contribution in [0, 0.1) is 5.82 Å². The zero-order chi connectivity index (χ0) is 9.68. The molecule has 1 aromatic heterocycles. The predicted molar refractivity (Wildman–Crippen MR) is 46.5 cm³/mol. The summed E-state index contributed by atoms with van der Waals surface area (Å²) in [5.74, 6) is -0.847. The van der Waals surface area contributed by atoms with Crippen LogP contribution >= 0.6 is 0 Å². The van der Waals surface area contributed by atoms with Crippen molar-refractivity contribution in [3.8, 4) is 0 Å². The Labute approximate surface area is 75.0 Å². The number of nitrogens with one attached hydrogen (secondary N) is 1. The Morgan fingerprint density at radius 2 is 2.46 bits per heavy atom. The average molecular weight is 183 g/mol. The van der Waals surface area contributed by atoms with Crippen LogP contribution < -0.4 is 11.1 Å². The van der Waals surface area contributed by atoms with Gasteiger partial charge in [0.15, 0.2) is 5.82 Å². The van der Waals surface area contributed by atoms with Gasteiger partial charge in [0.05, 0.1) is 11.9 Å². The van der Waals surface area contributed by atoms with Gasteiger partial charge >= 0.3 is 0 Å². The van der Waals surface area contributed by atoms with Gasteiger partial charge in [-0.15, -0.1) is 0 Å². The summed E-state index contributed by atoms with van der Waals surface area (Å²) >= 11 is 0. The molecule has 1 rings (SSSR count). The van der Waals surface area contributed by atoms with Crippen LogP contribution in [0.1, 0.15) is 6.42 Å². The van der Waals surface area contributed by atoms with Crippen LogP contribution in [0.4, 0.5) is 10.1 Å². The fourth-order valence-corrected chi connectivity index (χ4v) is 0.820. The topological polar surface area (TPSA) is 68.0 Å². The number of nitrogens with zero attached hydrogens (tertiary/aromatic N) is 1. The molecule has 1 amide bonds. The van der Waals surface area contributed by atoms with Crippen LogP contribution in [0.25, 0.3) is 0 Å². The number of rotatable bonds is 3. The Kier molecular flexibility index (Phi) is 3.33. The summed E-state index contributed by atoms with van der Waals surface area (Å²) in [5.41, 5.74) is 5.29. The molecule has 5 heteroatoms. The lowest BCUT2D eigenvalue weighted by molar-refractivity contribution is -0.116. The van der Waals surface area contributed by atoms with Crippen molar-refractivity contribution >= 4 is 11.6 Å². The van der Waals surface area contributed by atoms with Crippen molar-refractivity contribution in [3.63, 3.8) is 0 Å². The van der Waals surface area contributed by atoms with E-state index < -0.39 is 5.82 Å². The van der Waals surface area contributed by atoms with E-state index in [9.17, 15) is 9.18 Å². The molecule has 0 saturated carbocycles. The first-order valence-electron chi connectivity index (χ1n) is 3.83. The molecule has 0 radical (unpaired) electrons. The molecule has 0 aliphatic heterocycles. The van der Waals surface area contributed by atoms with Crippen molar-refractivity contribution in [1.82, 2.24) is 4.98 Å². The molecule has 70 valence electrons. The molecule has 1 aromatic rings. The summed E-state index contributed by atoms with van der Waals surface area (Å²) in [4.78, 5) is 14.5. The first kappa shape index (κ1) is 9.60. The lowest BCUT2D eigenvalue weighted by Crippen LogP contribution is -2.16. The second-order valence-corrected chi connectivity index (χ2v) is 2.44. The average Bonchev–Trinajstić information content (AvgIpc) is 2.09. The molecule has 0 aliphatic carbocycles. The van der Waals surface area contributed by atoms with Crippen molar-refractivity contribution in [1.29, 1.82) is 0 Å². The van der Waals surface area contributed by atoms with E-state index in [1.807, 2.05) is 0 Å². The largest absolute Gasteiger partial charge is 0.330 e. The van der Waals surface area contributed by atoms with Gasteiger partial charge in [-0.25, -0.2) is 4.39 Å². The predicted octanol–water partition coefficient (Wildman–Crippen LogP) is 0.508. The van der Waals surface area contributed by atoms with Gasteiger partial charge in [0.25, 0.3) is 0 Å². The van der Waals surface area contributed by atoms with Gasteiger partial charge in [-0.1, -0.05) is 0 Å². The molecular formula is C8H10FN3O. The number of anilines is 1. The minimum absolute atomic E-state index is 0.133. The number of amides is 1. The summed E-state index contributed by atoms with van der Waals surface area (Å²) in [5, 5.41) is 2.38. The van der Waals surface area contributed by atoms with Crippen LogP contribution in [0.2, 0.25) is 0 Å². The standard InChI is InChI=1S/C8H10FN3O/c9-6-5-11-4-2-7(6)12-8(13)1-3-10/h2,4-5H,1,3,10H2,(H,11,12,13). The van der Waals surface area contributed by atoms with Gasteiger partial charge < -0.3 is 11.1 Å². The number of carbonyl (C=O) groups is 1. The monoisotopic (exact) mass is 183 g/mol. The van der Waals surface area contributed by atoms with E-state index in [4.69, 9.17) is 5.73 Å². The molecule has 3 N–H and O–H groups in total. The molecule has 0 aromatic carbocycles. The van der Waals surface area contributed by atoms with Crippen LogP contribution in [0.3, 0.4) is 0 Å². The lowest BCUT2D eigenvalue weighted by atomic mass is 10.3. The van der Waals surface area contributed by atoms with Gasteiger partial charge in [-0.2, -0.15) is 0 Å². The molecule has 0 unspecified atom stereocenters. The number of hydrogen-bond acceptors (Lipinski definition) is 3. The molecule has 0 aliphatic rings. The highest BCUT2D eigenvalue weighted by Crippen LogP contribution is 2.10. The molecule has 0 fully saturated rings. The van der Waals surface area contributed by atoms with Crippen LogP contribution in [0.15, 0.2) is 18.5 Å². The van der Waals surface area contributed by atoms with E-state index in [1.165, 1.54) is 12.3 Å². The van der Waals surface area contributed by atoms with Crippen molar-refractivity contribution in [2.24, 2.45) is 5.73 Å². The SMILES string of the molecule is NCCC(=O)Nc1ccncc1F. The molecule has 0 atom stereocenters. The van der Waals surface area contributed by atoms with E-state index in [1.54, 1.807) is 0 Å².